The summed E-state index contributed by atoms with van der Waals surface area (Å²) in [6, 6.07) is 3.42. The molecule has 1 saturated heterocycles. The number of nitrogens with zero attached hydrogens (tertiary/aromatic N) is 1. The molecule has 3 N–H and O–H groups in total. The molecule has 0 atom stereocenters. The van der Waals surface area contributed by atoms with Crippen molar-refractivity contribution < 1.29 is 13.2 Å². The van der Waals surface area contributed by atoms with Gasteiger partial charge in [0, 0.05) is 35.8 Å². The predicted octanol–water partition coefficient (Wildman–Crippen LogP) is 2.54. The van der Waals surface area contributed by atoms with Crippen molar-refractivity contribution in [3.05, 3.63) is 29.3 Å². The lowest BCUT2D eigenvalue weighted by atomic mass is 10.1. The first-order chi connectivity index (χ1) is 8.89. The number of anilines is 1. The Hall–Kier alpha value is -1.37. The van der Waals surface area contributed by atoms with Gasteiger partial charge >= 0.3 is 6.18 Å². The average molecular weight is 289 g/mol. The highest BCUT2D eigenvalue weighted by molar-refractivity contribution is 7.99. The first-order valence-corrected chi connectivity index (χ1v) is 6.93. The number of alkyl halides is 3. The Bertz CT molecular complexity index is 482. The number of benzene rings is 1. The van der Waals surface area contributed by atoms with Crippen LogP contribution in [0.2, 0.25) is 0 Å². The van der Waals surface area contributed by atoms with E-state index in [-0.39, 0.29) is 11.4 Å². The molecule has 1 aliphatic heterocycles. The van der Waals surface area contributed by atoms with Gasteiger partial charge in [-0.1, -0.05) is 0 Å². The molecule has 7 heteroatoms. The van der Waals surface area contributed by atoms with Crippen LogP contribution >= 0.6 is 11.8 Å². The smallest absolute Gasteiger partial charge is 0.384 e. The average Bonchev–Trinajstić information content (AvgIpc) is 2.38. The van der Waals surface area contributed by atoms with Crippen molar-refractivity contribution in [2.75, 3.05) is 29.5 Å². The summed E-state index contributed by atoms with van der Waals surface area (Å²) in [6.07, 6.45) is -4.42. The van der Waals surface area contributed by atoms with Gasteiger partial charge in [-0.25, -0.2) is 0 Å². The van der Waals surface area contributed by atoms with Crippen molar-refractivity contribution in [3.8, 4) is 0 Å². The summed E-state index contributed by atoms with van der Waals surface area (Å²) >= 11 is 1.81. The number of nitrogens with two attached hydrogens (primary N) is 1. The van der Waals surface area contributed by atoms with Gasteiger partial charge in [0.2, 0.25) is 0 Å². The third-order valence-corrected chi connectivity index (χ3v) is 3.91. The van der Waals surface area contributed by atoms with E-state index in [9.17, 15) is 13.2 Å². The molecule has 1 fully saturated rings. The topological polar surface area (TPSA) is 53.1 Å². The molecule has 104 valence electrons. The minimum atomic E-state index is -4.42. The summed E-state index contributed by atoms with van der Waals surface area (Å²) in [7, 11) is 0. The van der Waals surface area contributed by atoms with Crippen LogP contribution in [0.5, 0.6) is 0 Å². The van der Waals surface area contributed by atoms with E-state index in [4.69, 9.17) is 11.1 Å². The van der Waals surface area contributed by atoms with Crippen LogP contribution in [-0.2, 0) is 6.18 Å². The number of amidine groups is 1. The second kappa shape index (κ2) is 5.32. The van der Waals surface area contributed by atoms with Gasteiger partial charge in [-0.05, 0) is 18.2 Å². The zero-order valence-corrected chi connectivity index (χ0v) is 10.9. The Morgan fingerprint density at radius 2 is 1.89 bits per heavy atom. The normalized spacial score (nSPS) is 16.5. The summed E-state index contributed by atoms with van der Waals surface area (Å²) in [5.74, 6) is 1.52. The zero-order chi connectivity index (χ0) is 14.0. The van der Waals surface area contributed by atoms with E-state index >= 15 is 0 Å². The summed E-state index contributed by atoms with van der Waals surface area (Å²) in [5, 5.41) is 7.47. The van der Waals surface area contributed by atoms with Gasteiger partial charge in [-0.15, -0.1) is 0 Å². The first-order valence-electron chi connectivity index (χ1n) is 5.78. The fraction of sp³-hybridized carbons (Fsp3) is 0.417. The molecule has 1 heterocycles. The quantitative estimate of drug-likeness (QED) is 0.650. The second-order valence-corrected chi connectivity index (χ2v) is 5.47. The molecular weight excluding hydrogens is 275 g/mol. The van der Waals surface area contributed by atoms with Crippen LogP contribution < -0.4 is 10.6 Å². The highest BCUT2D eigenvalue weighted by Gasteiger charge is 2.31. The SMILES string of the molecule is N=C(N)c1cc(C(F)(F)F)ccc1N1CCSCC1. The fourth-order valence-electron chi connectivity index (χ4n) is 2.01. The van der Waals surface area contributed by atoms with Gasteiger partial charge in [0.1, 0.15) is 5.84 Å². The molecule has 1 aliphatic rings. The van der Waals surface area contributed by atoms with Crippen LogP contribution in [0.4, 0.5) is 18.9 Å². The number of rotatable bonds is 2. The number of nitrogens with one attached hydrogen (secondary N) is 1. The molecular formula is C12H14F3N3S. The van der Waals surface area contributed by atoms with Crippen LogP contribution in [0.25, 0.3) is 0 Å². The van der Waals surface area contributed by atoms with Crippen LogP contribution in [-0.4, -0.2) is 30.4 Å². The highest BCUT2D eigenvalue weighted by atomic mass is 32.2. The molecule has 2 rings (SSSR count). The number of hydrogen-bond acceptors (Lipinski definition) is 3. The van der Waals surface area contributed by atoms with Gasteiger partial charge in [0.05, 0.1) is 5.56 Å². The molecule has 0 amide bonds. The summed E-state index contributed by atoms with van der Waals surface area (Å²) in [6.45, 7) is 1.52. The minimum Gasteiger partial charge on any atom is -0.384 e. The van der Waals surface area contributed by atoms with E-state index < -0.39 is 11.7 Å². The molecule has 0 radical (unpaired) electrons. The molecule has 0 spiro atoms. The lowest BCUT2D eigenvalue weighted by molar-refractivity contribution is -0.137. The lowest BCUT2D eigenvalue weighted by Gasteiger charge is -2.30. The van der Waals surface area contributed by atoms with Crippen LogP contribution in [0.1, 0.15) is 11.1 Å². The van der Waals surface area contributed by atoms with Crippen molar-refractivity contribution in [3.63, 3.8) is 0 Å². The lowest BCUT2D eigenvalue weighted by Crippen LogP contribution is -2.34. The van der Waals surface area contributed by atoms with Gasteiger partial charge in [0.15, 0.2) is 0 Å². The van der Waals surface area contributed by atoms with Gasteiger partial charge in [-0.3, -0.25) is 5.41 Å². The minimum absolute atomic E-state index is 0.154. The number of hydrogen-bond donors (Lipinski definition) is 2. The van der Waals surface area contributed by atoms with Crippen molar-refractivity contribution in [1.82, 2.24) is 0 Å². The Balaban J connectivity index is 2.40. The van der Waals surface area contributed by atoms with E-state index in [2.05, 4.69) is 0 Å². The number of thioether (sulfide) groups is 1. The number of halogens is 3. The number of nitrogen functional groups attached to an aromatic ring is 1. The maximum Gasteiger partial charge on any atom is 0.416 e. The molecule has 0 unspecified atom stereocenters. The second-order valence-electron chi connectivity index (χ2n) is 4.24. The van der Waals surface area contributed by atoms with E-state index in [1.165, 1.54) is 6.07 Å². The van der Waals surface area contributed by atoms with Gasteiger partial charge in [0.25, 0.3) is 0 Å². The van der Waals surface area contributed by atoms with Crippen LogP contribution in [0.15, 0.2) is 18.2 Å². The van der Waals surface area contributed by atoms with Crippen LogP contribution in [0.3, 0.4) is 0 Å². The highest BCUT2D eigenvalue weighted by Crippen LogP contribution is 2.33. The molecule has 1 aromatic carbocycles. The first kappa shape index (κ1) is 14.0. The van der Waals surface area contributed by atoms with Crippen LogP contribution in [0, 0.1) is 5.41 Å². The summed E-state index contributed by atoms with van der Waals surface area (Å²) in [4.78, 5) is 1.98. The molecule has 0 saturated carbocycles. The van der Waals surface area contributed by atoms with E-state index in [0.29, 0.717) is 5.69 Å². The Kier molecular flexibility index (Phi) is 3.93. The molecule has 3 nitrogen and oxygen atoms in total. The fourth-order valence-corrected chi connectivity index (χ4v) is 2.91. The Morgan fingerprint density at radius 1 is 1.26 bits per heavy atom. The molecule has 0 aliphatic carbocycles. The summed E-state index contributed by atoms with van der Waals surface area (Å²) < 4.78 is 38.0. The summed E-state index contributed by atoms with van der Waals surface area (Å²) in [5.41, 5.74) is 5.41. The molecule has 0 bridgehead atoms. The standard InChI is InChI=1S/C12H14F3N3S/c13-12(14,15)8-1-2-10(9(7-8)11(16)17)18-3-5-19-6-4-18/h1-2,7H,3-6H2,(H3,16,17). The monoisotopic (exact) mass is 289 g/mol. The van der Waals surface area contributed by atoms with Gasteiger partial charge in [-0.2, -0.15) is 24.9 Å². The van der Waals surface area contributed by atoms with E-state index in [1.54, 1.807) is 0 Å². The maximum absolute atomic E-state index is 12.7. The Labute approximate surface area is 113 Å². The predicted molar refractivity (Wildman–Crippen MR) is 72.0 cm³/mol. The van der Waals surface area contributed by atoms with Crippen molar-refractivity contribution in [2.45, 2.75) is 6.18 Å². The molecule has 19 heavy (non-hydrogen) atoms. The van der Waals surface area contributed by atoms with E-state index in [1.807, 2.05) is 16.7 Å². The molecule has 0 aromatic heterocycles. The van der Waals surface area contributed by atoms with Crippen molar-refractivity contribution in [2.24, 2.45) is 5.73 Å². The third-order valence-electron chi connectivity index (χ3n) is 2.97. The van der Waals surface area contributed by atoms with Crippen molar-refractivity contribution in [1.29, 1.82) is 5.41 Å². The van der Waals surface area contributed by atoms with Gasteiger partial charge < -0.3 is 10.6 Å². The molecule has 1 aromatic rings. The zero-order valence-electron chi connectivity index (χ0n) is 10.1. The maximum atomic E-state index is 12.7. The Morgan fingerprint density at radius 3 is 2.42 bits per heavy atom. The largest absolute Gasteiger partial charge is 0.416 e. The third kappa shape index (κ3) is 3.15. The van der Waals surface area contributed by atoms with Crippen molar-refractivity contribution >= 4 is 23.3 Å². The van der Waals surface area contributed by atoms with E-state index in [0.717, 1.165) is 36.7 Å².